The van der Waals surface area contributed by atoms with E-state index < -0.39 is 6.04 Å². The number of fused-ring (bicyclic) bond motifs is 3. The fourth-order valence-corrected chi connectivity index (χ4v) is 5.35. The molecule has 0 bridgehead atoms. The molecule has 0 amide bonds. The first-order valence-electron chi connectivity index (χ1n) is 10.9. The largest absolute Gasteiger partial charge is 0.508 e. The number of nitrogens with zero attached hydrogens (tertiary/aromatic N) is 5. The molecular formula is C25H23ClN5O2S+. The second kappa shape index (κ2) is 8.77. The summed E-state index contributed by atoms with van der Waals surface area (Å²) in [5, 5.41) is 18.9. The summed E-state index contributed by atoms with van der Waals surface area (Å²) in [7, 11) is 0. The molecule has 2 aromatic heterocycles. The molecular weight excluding hydrogens is 470 g/mol. The third-order valence-electron chi connectivity index (χ3n) is 5.98. The summed E-state index contributed by atoms with van der Waals surface area (Å²) >= 11 is 7.76. The first kappa shape index (κ1) is 22.4. The van der Waals surface area contributed by atoms with Gasteiger partial charge >= 0.3 is 0 Å². The highest BCUT2D eigenvalue weighted by molar-refractivity contribution is 7.02. The molecule has 172 valence electrons. The number of halogens is 1. The van der Waals surface area contributed by atoms with Crippen LogP contribution in [0.3, 0.4) is 0 Å². The van der Waals surface area contributed by atoms with E-state index in [9.17, 15) is 9.90 Å². The van der Waals surface area contributed by atoms with Crippen molar-refractivity contribution in [3.63, 3.8) is 0 Å². The molecule has 0 aliphatic carbocycles. The fourth-order valence-electron chi connectivity index (χ4n) is 4.13. The van der Waals surface area contributed by atoms with Gasteiger partial charge in [-0.25, -0.2) is 0 Å². The van der Waals surface area contributed by atoms with Crippen molar-refractivity contribution in [2.45, 2.75) is 39.7 Å². The highest BCUT2D eigenvalue weighted by Gasteiger charge is 2.38. The lowest BCUT2D eigenvalue weighted by atomic mass is 10.0. The number of aliphatic imine (C=N–C) groups is 1. The van der Waals surface area contributed by atoms with Gasteiger partial charge in [-0.05, 0) is 43.7 Å². The molecule has 0 unspecified atom stereocenters. The Morgan fingerprint density at radius 2 is 1.79 bits per heavy atom. The molecule has 0 radical (unpaired) electrons. The molecule has 0 spiro atoms. The minimum atomic E-state index is -0.497. The Balaban J connectivity index is 1.61. The van der Waals surface area contributed by atoms with Gasteiger partial charge in [-0.15, -0.1) is 10.2 Å². The highest BCUT2D eigenvalue weighted by Crippen LogP contribution is 2.30. The number of hydrogen-bond acceptors (Lipinski definition) is 6. The minimum absolute atomic E-state index is 0.0326. The third kappa shape index (κ3) is 4.03. The number of ketones is 1. The highest BCUT2D eigenvalue weighted by atomic mass is 35.5. The Bertz CT molecular complexity index is 1420. The summed E-state index contributed by atoms with van der Waals surface area (Å²) in [6.07, 6.45) is 0.437. The summed E-state index contributed by atoms with van der Waals surface area (Å²) in [5.74, 6) is 1.57. The second-order valence-corrected chi connectivity index (χ2v) is 9.97. The molecule has 1 N–H and O–H groups in total. The molecule has 7 nitrogen and oxygen atoms in total. The monoisotopic (exact) mass is 492 g/mol. The molecule has 34 heavy (non-hydrogen) atoms. The Morgan fingerprint density at radius 3 is 2.50 bits per heavy atom. The van der Waals surface area contributed by atoms with Crippen LogP contribution < -0.4 is 4.07 Å². The van der Waals surface area contributed by atoms with Crippen LogP contribution in [-0.2, 0) is 11.2 Å². The SMILES string of the molecule is Cc1s[n+]2c(c1C)C(c1ccc(Cl)cc1)=N[C@@H](CC(=O)Cc1ccc(O)cc1)c1nnc(C)n1-2. The van der Waals surface area contributed by atoms with E-state index in [-0.39, 0.29) is 24.4 Å². The Labute approximate surface area is 206 Å². The quantitative estimate of drug-likeness (QED) is 0.420. The van der Waals surface area contributed by atoms with Crippen LogP contribution in [0.1, 0.15) is 51.4 Å². The standard InChI is InChI=1S/C25H22ClN5O2S/c1-14-15(2)34-31-24(14)23(18-6-8-19(26)9-7-18)27-22(25-29-28-16(3)30(25)31)13-21(33)12-17-4-10-20(32)11-5-17/h4-11,22H,12-13H2,1-3H3/p+1/t22-/m0/s1. The molecule has 2 aromatic carbocycles. The van der Waals surface area contributed by atoms with Crippen LogP contribution in [0, 0.1) is 20.8 Å². The van der Waals surface area contributed by atoms with Crippen molar-refractivity contribution >= 4 is 34.6 Å². The van der Waals surface area contributed by atoms with Crippen molar-refractivity contribution in [3.8, 4) is 5.75 Å². The Morgan fingerprint density at radius 1 is 1.09 bits per heavy atom. The van der Waals surface area contributed by atoms with Gasteiger partial charge in [-0.2, -0.15) is 0 Å². The predicted molar refractivity (Wildman–Crippen MR) is 131 cm³/mol. The van der Waals surface area contributed by atoms with Gasteiger partial charge in [0, 0.05) is 40.0 Å². The molecule has 3 heterocycles. The molecule has 0 fully saturated rings. The summed E-state index contributed by atoms with van der Waals surface area (Å²) in [4.78, 5) is 19.4. The van der Waals surface area contributed by atoms with Crippen LogP contribution in [0.2, 0.25) is 5.02 Å². The van der Waals surface area contributed by atoms with Gasteiger partial charge in [-0.1, -0.05) is 40.5 Å². The number of phenols is 1. The van der Waals surface area contributed by atoms with E-state index in [2.05, 4.69) is 28.1 Å². The second-order valence-electron chi connectivity index (χ2n) is 8.40. The lowest BCUT2D eigenvalue weighted by Crippen LogP contribution is -2.44. The Kier molecular flexibility index (Phi) is 5.79. The van der Waals surface area contributed by atoms with E-state index in [0.717, 1.165) is 38.8 Å². The average molecular weight is 493 g/mol. The maximum atomic E-state index is 13.1. The van der Waals surface area contributed by atoms with Crippen LogP contribution in [0.15, 0.2) is 53.5 Å². The van der Waals surface area contributed by atoms with E-state index >= 15 is 0 Å². The van der Waals surface area contributed by atoms with Crippen molar-refractivity contribution in [3.05, 3.63) is 92.5 Å². The molecule has 0 saturated carbocycles. The average Bonchev–Trinajstić information content (AvgIpc) is 3.28. The number of benzene rings is 2. The van der Waals surface area contributed by atoms with Gasteiger partial charge in [0.15, 0.2) is 17.4 Å². The first-order valence-corrected chi connectivity index (χ1v) is 12.1. The van der Waals surface area contributed by atoms with Crippen LogP contribution in [0.5, 0.6) is 5.75 Å². The lowest BCUT2D eigenvalue weighted by molar-refractivity contribution is -0.665. The lowest BCUT2D eigenvalue weighted by Gasteiger charge is -2.10. The van der Waals surface area contributed by atoms with Crippen LogP contribution >= 0.6 is 23.1 Å². The summed E-state index contributed by atoms with van der Waals surface area (Å²) in [6.45, 7) is 6.07. The molecule has 9 heteroatoms. The van der Waals surface area contributed by atoms with E-state index in [1.807, 2.05) is 35.9 Å². The fraction of sp³-hybridized carbons (Fsp3) is 0.240. The zero-order valence-electron chi connectivity index (χ0n) is 19.0. The number of carbonyl (C=O) groups excluding carboxylic acids is 1. The number of rotatable bonds is 5. The van der Waals surface area contributed by atoms with E-state index in [1.165, 1.54) is 0 Å². The van der Waals surface area contributed by atoms with Crippen molar-refractivity contribution in [1.82, 2.24) is 14.9 Å². The number of aromatic hydroxyl groups is 1. The van der Waals surface area contributed by atoms with Crippen LogP contribution in [0.4, 0.5) is 0 Å². The van der Waals surface area contributed by atoms with Gasteiger partial charge in [0.25, 0.3) is 5.69 Å². The maximum Gasteiger partial charge on any atom is 0.281 e. The molecule has 0 saturated heterocycles. The third-order valence-corrected chi connectivity index (χ3v) is 7.33. The molecule has 4 aromatic rings. The summed E-state index contributed by atoms with van der Waals surface area (Å²) < 4.78 is 4.04. The van der Waals surface area contributed by atoms with Crippen molar-refractivity contribution in [1.29, 1.82) is 0 Å². The molecule has 5 rings (SSSR count). The first-order chi connectivity index (χ1) is 16.3. The van der Waals surface area contributed by atoms with Crippen LogP contribution in [0.25, 0.3) is 0 Å². The van der Waals surface area contributed by atoms with Gasteiger partial charge in [-0.3, -0.25) is 9.79 Å². The van der Waals surface area contributed by atoms with E-state index in [1.54, 1.807) is 35.8 Å². The maximum absolute atomic E-state index is 13.1. The number of phenolic OH excluding ortho intramolecular Hbond substituents is 1. The molecule has 1 aliphatic heterocycles. The van der Waals surface area contributed by atoms with Crippen molar-refractivity contribution < 1.29 is 14.0 Å². The number of aromatic nitrogens is 4. The van der Waals surface area contributed by atoms with E-state index in [0.29, 0.717) is 10.8 Å². The summed E-state index contributed by atoms with van der Waals surface area (Å²) in [5.41, 5.74) is 4.64. The number of carbonyl (C=O) groups is 1. The topological polar surface area (TPSA) is 84.2 Å². The minimum Gasteiger partial charge on any atom is -0.508 e. The normalized spacial score (nSPS) is 14.8. The van der Waals surface area contributed by atoms with Gasteiger partial charge in [0.1, 0.15) is 23.3 Å². The van der Waals surface area contributed by atoms with Crippen LogP contribution in [-0.4, -0.2) is 31.5 Å². The summed E-state index contributed by atoms with van der Waals surface area (Å²) in [6, 6.07) is 13.8. The number of hydrogen-bond donors (Lipinski definition) is 1. The smallest absolute Gasteiger partial charge is 0.281 e. The number of Topliss-reactive ketones (excluding diaryl/α,β-unsaturated/α-hetero) is 1. The van der Waals surface area contributed by atoms with E-state index in [4.69, 9.17) is 16.6 Å². The van der Waals surface area contributed by atoms with Gasteiger partial charge < -0.3 is 5.11 Å². The predicted octanol–water partition coefficient (Wildman–Crippen LogP) is 4.32. The zero-order chi connectivity index (χ0) is 24.0. The molecule has 1 aliphatic rings. The van der Waals surface area contributed by atoms with Gasteiger partial charge in [0.05, 0.1) is 4.88 Å². The number of aryl methyl sites for hydroxylation is 2. The van der Waals surface area contributed by atoms with Crippen molar-refractivity contribution in [2.24, 2.45) is 4.99 Å². The van der Waals surface area contributed by atoms with Gasteiger partial charge in [0.2, 0.25) is 5.82 Å². The Hall–Kier alpha value is -3.36. The van der Waals surface area contributed by atoms with Crippen molar-refractivity contribution in [2.75, 3.05) is 0 Å². The molecule has 1 atom stereocenters. The zero-order valence-corrected chi connectivity index (χ0v) is 20.6.